The van der Waals surface area contributed by atoms with Gasteiger partial charge in [-0.3, -0.25) is 14.5 Å². The van der Waals surface area contributed by atoms with Gasteiger partial charge >= 0.3 is 0 Å². The molecule has 1 aliphatic heterocycles. The lowest BCUT2D eigenvalue weighted by Crippen LogP contribution is -2.45. The molecule has 0 N–H and O–H groups in total. The van der Waals surface area contributed by atoms with Crippen LogP contribution in [0.5, 0.6) is 0 Å². The van der Waals surface area contributed by atoms with Gasteiger partial charge in [-0.1, -0.05) is 24.6 Å². The number of benzene rings is 1. The molecule has 1 heterocycles. The second kappa shape index (κ2) is 4.70. The van der Waals surface area contributed by atoms with Gasteiger partial charge in [-0.05, 0) is 31.9 Å². The molecule has 1 atom stereocenters. The van der Waals surface area contributed by atoms with Crippen molar-refractivity contribution in [1.82, 2.24) is 0 Å². The van der Waals surface area contributed by atoms with E-state index in [4.69, 9.17) is 0 Å². The monoisotopic (exact) mass is 231 g/mol. The van der Waals surface area contributed by atoms with Crippen LogP contribution in [0.3, 0.4) is 0 Å². The summed E-state index contributed by atoms with van der Waals surface area (Å²) in [5.41, 5.74) is 1.82. The molecule has 0 aromatic heterocycles. The number of hydrogen-bond donors (Lipinski definition) is 0. The molecule has 3 nitrogen and oxygen atoms in total. The van der Waals surface area contributed by atoms with Crippen molar-refractivity contribution in [2.45, 2.75) is 33.1 Å². The molecule has 0 radical (unpaired) electrons. The Morgan fingerprint density at radius 3 is 2.47 bits per heavy atom. The molecule has 3 heteroatoms. The molecule has 1 aliphatic rings. The van der Waals surface area contributed by atoms with E-state index < -0.39 is 0 Å². The van der Waals surface area contributed by atoms with Gasteiger partial charge in [0, 0.05) is 12.3 Å². The van der Waals surface area contributed by atoms with Crippen molar-refractivity contribution in [2.75, 3.05) is 4.90 Å². The summed E-state index contributed by atoms with van der Waals surface area (Å²) < 4.78 is 0. The summed E-state index contributed by atoms with van der Waals surface area (Å²) in [5, 5.41) is 0. The Kier molecular flexibility index (Phi) is 3.27. The Labute approximate surface area is 101 Å². The van der Waals surface area contributed by atoms with Gasteiger partial charge < -0.3 is 0 Å². The maximum absolute atomic E-state index is 12.2. The first-order valence-electron chi connectivity index (χ1n) is 6.07. The summed E-state index contributed by atoms with van der Waals surface area (Å²) in [6.07, 6.45) is 1.96. The number of piperidine rings is 1. The molecular formula is C14H17NO2. The highest BCUT2D eigenvalue weighted by atomic mass is 16.2. The minimum atomic E-state index is -0.0800. The molecule has 2 rings (SSSR count). The highest BCUT2D eigenvalue weighted by molar-refractivity contribution is 6.17. The number of carbonyl (C=O) groups excluding carboxylic acids is 2. The number of nitrogens with zero attached hydrogens (tertiary/aromatic N) is 1. The third kappa shape index (κ3) is 2.23. The van der Waals surface area contributed by atoms with E-state index in [0.717, 1.165) is 12.0 Å². The van der Waals surface area contributed by atoms with Crippen LogP contribution < -0.4 is 4.90 Å². The fourth-order valence-corrected chi connectivity index (χ4v) is 2.18. The second-order valence-corrected chi connectivity index (χ2v) is 4.55. The number of imide groups is 1. The number of anilines is 1. The van der Waals surface area contributed by atoms with Crippen molar-refractivity contribution in [2.24, 2.45) is 5.92 Å². The fraction of sp³-hybridized carbons (Fsp3) is 0.429. The Morgan fingerprint density at radius 1 is 1.24 bits per heavy atom. The minimum Gasteiger partial charge on any atom is -0.274 e. The molecule has 0 spiro atoms. The molecule has 1 aromatic carbocycles. The third-order valence-electron chi connectivity index (χ3n) is 3.31. The molecule has 0 bridgehead atoms. The van der Waals surface area contributed by atoms with Gasteiger partial charge in [-0.2, -0.15) is 0 Å². The zero-order valence-corrected chi connectivity index (χ0v) is 10.3. The van der Waals surface area contributed by atoms with Crippen LogP contribution in [0.2, 0.25) is 0 Å². The van der Waals surface area contributed by atoms with Crippen LogP contribution in [-0.4, -0.2) is 11.8 Å². The largest absolute Gasteiger partial charge is 0.274 e. The van der Waals surface area contributed by atoms with Gasteiger partial charge in [0.25, 0.3) is 0 Å². The summed E-state index contributed by atoms with van der Waals surface area (Å²) in [6, 6.07) is 7.52. The lowest BCUT2D eigenvalue weighted by Gasteiger charge is -2.30. The van der Waals surface area contributed by atoms with Crippen LogP contribution in [-0.2, 0) is 9.59 Å². The van der Waals surface area contributed by atoms with E-state index in [9.17, 15) is 9.59 Å². The fourth-order valence-electron chi connectivity index (χ4n) is 2.18. The molecule has 0 aliphatic carbocycles. The summed E-state index contributed by atoms with van der Waals surface area (Å²) >= 11 is 0. The smallest absolute Gasteiger partial charge is 0.236 e. The van der Waals surface area contributed by atoms with E-state index >= 15 is 0 Å². The van der Waals surface area contributed by atoms with Crippen LogP contribution >= 0.6 is 0 Å². The Hall–Kier alpha value is -1.64. The zero-order valence-electron chi connectivity index (χ0n) is 10.3. The topological polar surface area (TPSA) is 37.4 Å². The quantitative estimate of drug-likeness (QED) is 0.734. The maximum atomic E-state index is 12.2. The third-order valence-corrected chi connectivity index (χ3v) is 3.31. The molecule has 90 valence electrons. The van der Waals surface area contributed by atoms with Gasteiger partial charge in [0.2, 0.25) is 11.8 Å². The first-order chi connectivity index (χ1) is 8.13. The van der Waals surface area contributed by atoms with Crippen LogP contribution in [0.4, 0.5) is 5.69 Å². The van der Waals surface area contributed by atoms with Gasteiger partial charge in [-0.25, -0.2) is 0 Å². The minimum absolute atomic E-state index is 0.00555. The first-order valence-corrected chi connectivity index (χ1v) is 6.07. The predicted molar refractivity (Wildman–Crippen MR) is 66.7 cm³/mol. The molecule has 17 heavy (non-hydrogen) atoms. The number of aryl methyl sites for hydroxylation is 1. The van der Waals surface area contributed by atoms with E-state index in [2.05, 4.69) is 0 Å². The zero-order chi connectivity index (χ0) is 12.4. The van der Waals surface area contributed by atoms with Gasteiger partial charge in [-0.15, -0.1) is 0 Å². The summed E-state index contributed by atoms with van der Waals surface area (Å²) in [4.78, 5) is 25.4. The molecule has 1 aromatic rings. The number of rotatable bonds is 2. The van der Waals surface area contributed by atoms with E-state index in [1.54, 1.807) is 0 Å². The van der Waals surface area contributed by atoms with Crippen LogP contribution in [0.1, 0.15) is 31.7 Å². The Morgan fingerprint density at radius 2 is 1.88 bits per heavy atom. The van der Waals surface area contributed by atoms with Gasteiger partial charge in [0.15, 0.2) is 0 Å². The normalized spacial score (nSPS) is 20.8. The average molecular weight is 231 g/mol. The van der Waals surface area contributed by atoms with E-state index in [0.29, 0.717) is 18.5 Å². The highest BCUT2D eigenvalue weighted by Gasteiger charge is 2.33. The van der Waals surface area contributed by atoms with Crippen LogP contribution in [0.15, 0.2) is 24.3 Å². The highest BCUT2D eigenvalue weighted by Crippen LogP contribution is 2.27. The average Bonchev–Trinajstić information content (AvgIpc) is 2.32. The van der Waals surface area contributed by atoms with E-state index in [-0.39, 0.29) is 17.7 Å². The van der Waals surface area contributed by atoms with Crippen molar-refractivity contribution < 1.29 is 9.59 Å². The summed E-state index contributed by atoms with van der Waals surface area (Å²) in [7, 11) is 0. The SMILES string of the molecule is CCC1CCC(=O)N(c2ccc(C)cc2)C1=O. The number of carbonyl (C=O) groups is 2. The van der Waals surface area contributed by atoms with Crippen molar-refractivity contribution in [3.05, 3.63) is 29.8 Å². The molecule has 1 saturated heterocycles. The summed E-state index contributed by atoms with van der Waals surface area (Å²) in [6.45, 7) is 3.98. The first kappa shape index (κ1) is 11.8. The predicted octanol–water partition coefficient (Wildman–Crippen LogP) is 2.67. The van der Waals surface area contributed by atoms with Crippen molar-refractivity contribution in [1.29, 1.82) is 0 Å². The molecule has 1 unspecified atom stereocenters. The van der Waals surface area contributed by atoms with E-state index in [1.807, 2.05) is 38.1 Å². The molecule has 0 saturated carbocycles. The summed E-state index contributed by atoms with van der Waals surface area (Å²) in [5.74, 6) is -0.134. The second-order valence-electron chi connectivity index (χ2n) is 4.55. The van der Waals surface area contributed by atoms with Gasteiger partial charge in [0.1, 0.15) is 0 Å². The molecular weight excluding hydrogens is 214 g/mol. The lowest BCUT2D eigenvalue weighted by atomic mass is 9.93. The number of hydrogen-bond acceptors (Lipinski definition) is 2. The molecule has 2 amide bonds. The Bertz CT molecular complexity index is 436. The lowest BCUT2D eigenvalue weighted by molar-refractivity contribution is -0.132. The van der Waals surface area contributed by atoms with Crippen molar-refractivity contribution in [3.63, 3.8) is 0 Å². The van der Waals surface area contributed by atoms with Crippen molar-refractivity contribution >= 4 is 17.5 Å². The van der Waals surface area contributed by atoms with Crippen LogP contribution in [0.25, 0.3) is 0 Å². The number of amides is 2. The van der Waals surface area contributed by atoms with Gasteiger partial charge in [0.05, 0.1) is 5.69 Å². The Balaban J connectivity index is 2.31. The molecule has 1 fully saturated rings. The van der Waals surface area contributed by atoms with Crippen LogP contribution in [0, 0.1) is 12.8 Å². The maximum Gasteiger partial charge on any atom is 0.236 e. The van der Waals surface area contributed by atoms with Crippen molar-refractivity contribution in [3.8, 4) is 0 Å². The van der Waals surface area contributed by atoms with E-state index in [1.165, 1.54) is 4.90 Å². The standard InChI is InChI=1S/C14H17NO2/c1-3-11-6-9-13(16)15(14(11)17)12-7-4-10(2)5-8-12/h4-5,7-8,11H,3,6,9H2,1-2H3.